The second-order valence-electron chi connectivity index (χ2n) is 5.60. The number of nitrogens with one attached hydrogen (secondary N) is 1. The standard InChI is InChI=1S/C16H23ClN4O2/c1-12(13-4-2-3-5-14(13)17)20-6-8-21(9-7-20)16(23)11-19-15(22)10-18/h2-5,12H,6-11,18H2,1H3,(H,19,22). The number of rotatable bonds is 5. The lowest BCUT2D eigenvalue weighted by Crippen LogP contribution is -2.51. The average molecular weight is 339 g/mol. The average Bonchev–Trinajstić information content (AvgIpc) is 2.59. The van der Waals surface area contributed by atoms with Gasteiger partial charge in [-0.3, -0.25) is 14.5 Å². The number of carbonyl (C=O) groups is 2. The Hall–Kier alpha value is -1.63. The van der Waals surface area contributed by atoms with Crippen molar-refractivity contribution in [3.05, 3.63) is 34.9 Å². The summed E-state index contributed by atoms with van der Waals surface area (Å²) in [6.07, 6.45) is 0. The molecule has 2 amide bonds. The van der Waals surface area contributed by atoms with Gasteiger partial charge in [0.25, 0.3) is 0 Å². The number of hydrogen-bond donors (Lipinski definition) is 2. The number of nitrogens with zero attached hydrogens (tertiary/aromatic N) is 2. The largest absolute Gasteiger partial charge is 0.346 e. The Balaban J connectivity index is 1.85. The first-order valence-corrected chi connectivity index (χ1v) is 8.13. The number of amides is 2. The molecule has 1 aromatic rings. The molecule has 1 atom stereocenters. The van der Waals surface area contributed by atoms with Crippen LogP contribution in [-0.2, 0) is 9.59 Å². The number of halogens is 1. The van der Waals surface area contributed by atoms with E-state index < -0.39 is 0 Å². The van der Waals surface area contributed by atoms with Crippen LogP contribution in [0.5, 0.6) is 0 Å². The van der Waals surface area contributed by atoms with E-state index in [0.29, 0.717) is 13.1 Å². The summed E-state index contributed by atoms with van der Waals surface area (Å²) in [7, 11) is 0. The Morgan fingerprint density at radius 3 is 2.52 bits per heavy atom. The molecule has 2 rings (SSSR count). The van der Waals surface area contributed by atoms with Crippen molar-refractivity contribution in [3.8, 4) is 0 Å². The minimum absolute atomic E-state index is 0.0100. The first kappa shape index (κ1) is 17.7. The molecule has 1 aliphatic heterocycles. The summed E-state index contributed by atoms with van der Waals surface area (Å²) < 4.78 is 0. The lowest BCUT2D eigenvalue weighted by molar-refractivity contribution is -0.134. The molecule has 1 aromatic carbocycles. The molecule has 0 aliphatic carbocycles. The monoisotopic (exact) mass is 338 g/mol. The molecule has 3 N–H and O–H groups in total. The van der Waals surface area contributed by atoms with Crippen LogP contribution in [0.1, 0.15) is 18.5 Å². The van der Waals surface area contributed by atoms with Gasteiger partial charge in [-0.05, 0) is 18.6 Å². The number of carbonyl (C=O) groups excluding carboxylic acids is 2. The maximum Gasteiger partial charge on any atom is 0.242 e. The Labute approximate surface area is 141 Å². The number of nitrogens with two attached hydrogens (primary N) is 1. The van der Waals surface area contributed by atoms with Crippen LogP contribution >= 0.6 is 11.6 Å². The van der Waals surface area contributed by atoms with E-state index in [1.165, 1.54) is 0 Å². The lowest BCUT2D eigenvalue weighted by atomic mass is 10.1. The van der Waals surface area contributed by atoms with Gasteiger partial charge in [-0.1, -0.05) is 29.8 Å². The summed E-state index contributed by atoms with van der Waals surface area (Å²) in [6.45, 7) is 4.89. The Bertz CT molecular complexity index is 559. The first-order valence-electron chi connectivity index (χ1n) is 7.76. The molecule has 1 saturated heterocycles. The van der Waals surface area contributed by atoms with Gasteiger partial charge in [-0.25, -0.2) is 0 Å². The lowest BCUT2D eigenvalue weighted by Gasteiger charge is -2.38. The highest BCUT2D eigenvalue weighted by atomic mass is 35.5. The fraction of sp³-hybridized carbons (Fsp3) is 0.500. The molecule has 0 radical (unpaired) electrons. The van der Waals surface area contributed by atoms with Crippen LogP contribution in [-0.4, -0.2) is 60.9 Å². The maximum absolute atomic E-state index is 12.0. The van der Waals surface area contributed by atoms with Gasteiger partial charge < -0.3 is 16.0 Å². The molecule has 1 unspecified atom stereocenters. The van der Waals surface area contributed by atoms with E-state index in [1.54, 1.807) is 4.90 Å². The van der Waals surface area contributed by atoms with E-state index in [9.17, 15) is 9.59 Å². The number of hydrogen-bond acceptors (Lipinski definition) is 4. The van der Waals surface area contributed by atoms with E-state index in [0.717, 1.165) is 23.7 Å². The Morgan fingerprint density at radius 1 is 1.26 bits per heavy atom. The van der Waals surface area contributed by atoms with Crippen LogP contribution in [0.4, 0.5) is 0 Å². The summed E-state index contributed by atoms with van der Waals surface area (Å²) in [5.41, 5.74) is 6.30. The Kier molecular flexibility index (Phi) is 6.38. The molecular formula is C16H23ClN4O2. The molecule has 1 heterocycles. The zero-order chi connectivity index (χ0) is 16.8. The molecular weight excluding hydrogens is 316 g/mol. The van der Waals surface area contributed by atoms with E-state index >= 15 is 0 Å². The molecule has 0 aromatic heterocycles. The molecule has 0 bridgehead atoms. The first-order chi connectivity index (χ1) is 11.0. The SMILES string of the molecule is CC(c1ccccc1Cl)N1CCN(C(=O)CNC(=O)CN)CC1. The smallest absolute Gasteiger partial charge is 0.242 e. The molecule has 1 fully saturated rings. The summed E-state index contributed by atoms with van der Waals surface area (Å²) in [5, 5.41) is 3.28. The minimum atomic E-state index is -0.315. The van der Waals surface area contributed by atoms with E-state index in [2.05, 4.69) is 17.1 Å². The van der Waals surface area contributed by atoms with Crippen LogP contribution in [0, 0.1) is 0 Å². The summed E-state index contributed by atoms with van der Waals surface area (Å²) in [6, 6.07) is 8.04. The van der Waals surface area contributed by atoms with Gasteiger partial charge in [0.2, 0.25) is 11.8 Å². The third kappa shape index (κ3) is 4.67. The van der Waals surface area contributed by atoms with Gasteiger partial charge in [0.05, 0.1) is 13.1 Å². The molecule has 23 heavy (non-hydrogen) atoms. The fourth-order valence-corrected chi connectivity index (χ4v) is 3.02. The van der Waals surface area contributed by atoms with Crippen LogP contribution in [0.15, 0.2) is 24.3 Å². The molecule has 1 aliphatic rings. The van der Waals surface area contributed by atoms with Crippen molar-refractivity contribution in [1.29, 1.82) is 0 Å². The quantitative estimate of drug-likeness (QED) is 0.825. The van der Waals surface area contributed by atoms with Crippen LogP contribution < -0.4 is 11.1 Å². The number of piperazine rings is 1. The summed E-state index contributed by atoms with van der Waals surface area (Å²) >= 11 is 6.26. The summed E-state index contributed by atoms with van der Waals surface area (Å²) in [5.74, 6) is -0.388. The van der Waals surface area contributed by atoms with Crippen LogP contribution in [0.3, 0.4) is 0 Å². The topological polar surface area (TPSA) is 78.7 Å². The van der Waals surface area contributed by atoms with Crippen molar-refractivity contribution < 1.29 is 9.59 Å². The van der Waals surface area contributed by atoms with Crippen molar-refractivity contribution in [2.45, 2.75) is 13.0 Å². The molecule has 126 valence electrons. The second-order valence-corrected chi connectivity index (χ2v) is 6.00. The van der Waals surface area contributed by atoms with E-state index in [-0.39, 0.29) is 30.9 Å². The predicted octanol–water partition coefficient (Wildman–Crippen LogP) is 0.620. The third-order valence-corrected chi connectivity index (χ3v) is 4.54. The van der Waals surface area contributed by atoms with Crippen molar-refractivity contribution in [2.24, 2.45) is 5.73 Å². The van der Waals surface area contributed by atoms with Gasteiger partial charge >= 0.3 is 0 Å². The zero-order valence-corrected chi connectivity index (χ0v) is 14.1. The highest BCUT2D eigenvalue weighted by molar-refractivity contribution is 6.31. The maximum atomic E-state index is 12.0. The van der Waals surface area contributed by atoms with Gasteiger partial charge in [-0.15, -0.1) is 0 Å². The molecule has 0 saturated carbocycles. The van der Waals surface area contributed by atoms with E-state index in [1.807, 2.05) is 24.3 Å². The van der Waals surface area contributed by atoms with Gasteiger partial charge in [-0.2, -0.15) is 0 Å². The van der Waals surface area contributed by atoms with Crippen molar-refractivity contribution in [1.82, 2.24) is 15.1 Å². The third-order valence-electron chi connectivity index (χ3n) is 4.19. The second kappa shape index (κ2) is 8.29. The fourth-order valence-electron chi connectivity index (χ4n) is 2.73. The highest BCUT2D eigenvalue weighted by Gasteiger charge is 2.25. The van der Waals surface area contributed by atoms with Crippen LogP contribution in [0.25, 0.3) is 0 Å². The molecule has 6 nitrogen and oxygen atoms in total. The molecule has 7 heteroatoms. The van der Waals surface area contributed by atoms with Gasteiger partial charge in [0, 0.05) is 37.2 Å². The predicted molar refractivity (Wildman–Crippen MR) is 90.1 cm³/mol. The van der Waals surface area contributed by atoms with Crippen LogP contribution in [0.2, 0.25) is 5.02 Å². The highest BCUT2D eigenvalue weighted by Crippen LogP contribution is 2.27. The minimum Gasteiger partial charge on any atom is -0.346 e. The molecule has 0 spiro atoms. The van der Waals surface area contributed by atoms with Gasteiger partial charge in [0.1, 0.15) is 0 Å². The number of benzene rings is 1. The van der Waals surface area contributed by atoms with Gasteiger partial charge in [0.15, 0.2) is 0 Å². The van der Waals surface area contributed by atoms with Crippen molar-refractivity contribution in [2.75, 3.05) is 39.3 Å². The zero-order valence-electron chi connectivity index (χ0n) is 13.3. The van der Waals surface area contributed by atoms with E-state index in [4.69, 9.17) is 17.3 Å². The van der Waals surface area contributed by atoms with Crippen molar-refractivity contribution >= 4 is 23.4 Å². The van der Waals surface area contributed by atoms with Crippen molar-refractivity contribution in [3.63, 3.8) is 0 Å². The normalized spacial score (nSPS) is 16.9. The Morgan fingerprint density at radius 2 is 1.91 bits per heavy atom. The summed E-state index contributed by atoms with van der Waals surface area (Å²) in [4.78, 5) is 27.2.